The number of piperidine rings is 1. The summed E-state index contributed by atoms with van der Waals surface area (Å²) in [5.41, 5.74) is 2.95. The number of anilines is 1. The van der Waals surface area contributed by atoms with Crippen LogP contribution in [0.1, 0.15) is 24.8 Å². The SMILES string of the molecule is O=C1CCCN1c1ccc(C23CNCC2C3)cc1. The smallest absolute Gasteiger partial charge is 0.227 e. The van der Waals surface area contributed by atoms with Gasteiger partial charge < -0.3 is 10.2 Å². The van der Waals surface area contributed by atoms with Crippen LogP contribution in [0.5, 0.6) is 0 Å². The monoisotopic (exact) mass is 242 g/mol. The standard InChI is InChI=1S/C15H18N2O/c18-14-2-1-7-17(14)13-5-3-11(4-6-13)15-8-12(15)9-16-10-15/h3-6,12,16H,1-2,7-10H2. The largest absolute Gasteiger partial charge is 0.316 e. The molecule has 3 aliphatic rings. The zero-order valence-corrected chi connectivity index (χ0v) is 10.5. The molecule has 0 radical (unpaired) electrons. The highest BCUT2D eigenvalue weighted by atomic mass is 16.2. The van der Waals surface area contributed by atoms with Gasteiger partial charge in [0.2, 0.25) is 5.91 Å². The van der Waals surface area contributed by atoms with Gasteiger partial charge in [-0.2, -0.15) is 0 Å². The molecule has 0 aromatic heterocycles. The Morgan fingerprint density at radius 3 is 2.67 bits per heavy atom. The fourth-order valence-electron chi connectivity index (χ4n) is 3.68. The molecule has 2 heterocycles. The first-order valence-corrected chi connectivity index (χ1v) is 6.91. The summed E-state index contributed by atoms with van der Waals surface area (Å²) in [7, 11) is 0. The first-order valence-electron chi connectivity index (χ1n) is 6.91. The second-order valence-corrected chi connectivity index (χ2v) is 5.88. The highest BCUT2D eigenvalue weighted by Crippen LogP contribution is 2.56. The molecular weight excluding hydrogens is 224 g/mol. The van der Waals surface area contributed by atoms with Crippen molar-refractivity contribution in [3.8, 4) is 0 Å². The van der Waals surface area contributed by atoms with Crippen molar-refractivity contribution in [1.29, 1.82) is 0 Å². The van der Waals surface area contributed by atoms with E-state index in [4.69, 9.17) is 0 Å². The lowest BCUT2D eigenvalue weighted by atomic mass is 9.95. The number of carbonyl (C=O) groups is 1. The summed E-state index contributed by atoms with van der Waals surface area (Å²) in [5, 5.41) is 3.47. The van der Waals surface area contributed by atoms with Gasteiger partial charge >= 0.3 is 0 Å². The summed E-state index contributed by atoms with van der Waals surface area (Å²) in [6.45, 7) is 3.18. The summed E-state index contributed by atoms with van der Waals surface area (Å²) >= 11 is 0. The number of benzene rings is 1. The molecule has 1 aromatic carbocycles. The number of hydrogen-bond acceptors (Lipinski definition) is 2. The number of rotatable bonds is 2. The summed E-state index contributed by atoms with van der Waals surface area (Å²) < 4.78 is 0. The van der Waals surface area contributed by atoms with Crippen molar-refractivity contribution >= 4 is 11.6 Å². The van der Waals surface area contributed by atoms with Gasteiger partial charge in [0.15, 0.2) is 0 Å². The average Bonchev–Trinajstić information content (AvgIpc) is 2.74. The molecule has 18 heavy (non-hydrogen) atoms. The second-order valence-electron chi connectivity index (χ2n) is 5.88. The Bertz CT molecular complexity index is 496. The maximum absolute atomic E-state index is 11.7. The molecule has 1 saturated carbocycles. The van der Waals surface area contributed by atoms with Crippen molar-refractivity contribution in [2.75, 3.05) is 24.5 Å². The van der Waals surface area contributed by atoms with E-state index in [-0.39, 0.29) is 5.91 Å². The Morgan fingerprint density at radius 2 is 2.11 bits per heavy atom. The molecular formula is C15H18N2O. The number of carbonyl (C=O) groups excluding carboxylic acids is 1. The minimum absolute atomic E-state index is 0.271. The molecule has 3 heteroatoms. The number of nitrogens with zero attached hydrogens (tertiary/aromatic N) is 1. The lowest BCUT2D eigenvalue weighted by Crippen LogP contribution is -2.24. The molecule has 1 amide bonds. The van der Waals surface area contributed by atoms with Gasteiger partial charge in [-0.3, -0.25) is 4.79 Å². The van der Waals surface area contributed by atoms with Crippen LogP contribution in [-0.4, -0.2) is 25.5 Å². The van der Waals surface area contributed by atoms with Gasteiger partial charge in [-0.1, -0.05) is 12.1 Å². The average molecular weight is 242 g/mol. The van der Waals surface area contributed by atoms with Crippen molar-refractivity contribution < 1.29 is 4.79 Å². The first kappa shape index (κ1) is 10.6. The van der Waals surface area contributed by atoms with E-state index in [0.717, 1.165) is 31.1 Å². The summed E-state index contributed by atoms with van der Waals surface area (Å²) in [6.07, 6.45) is 3.04. The lowest BCUT2D eigenvalue weighted by molar-refractivity contribution is -0.117. The Balaban J connectivity index is 1.60. The maximum atomic E-state index is 11.7. The van der Waals surface area contributed by atoms with Crippen LogP contribution in [0.4, 0.5) is 5.69 Å². The Hall–Kier alpha value is -1.35. The van der Waals surface area contributed by atoms with Crippen molar-refractivity contribution in [2.24, 2.45) is 5.92 Å². The molecule has 2 atom stereocenters. The van der Waals surface area contributed by atoms with Crippen LogP contribution in [-0.2, 0) is 10.2 Å². The van der Waals surface area contributed by atoms with E-state index >= 15 is 0 Å². The van der Waals surface area contributed by atoms with Crippen LogP contribution in [0, 0.1) is 5.92 Å². The van der Waals surface area contributed by atoms with Gasteiger partial charge in [0.1, 0.15) is 0 Å². The van der Waals surface area contributed by atoms with Gasteiger partial charge in [-0.15, -0.1) is 0 Å². The summed E-state index contributed by atoms with van der Waals surface area (Å²) in [5.74, 6) is 1.12. The maximum Gasteiger partial charge on any atom is 0.227 e. The number of amides is 1. The molecule has 2 aliphatic heterocycles. The molecule has 1 aliphatic carbocycles. The van der Waals surface area contributed by atoms with Crippen molar-refractivity contribution in [2.45, 2.75) is 24.7 Å². The molecule has 0 spiro atoms. The highest BCUT2D eigenvalue weighted by molar-refractivity contribution is 5.95. The normalized spacial score (nSPS) is 33.9. The summed E-state index contributed by atoms with van der Waals surface area (Å²) in [6, 6.07) is 8.71. The van der Waals surface area contributed by atoms with Gasteiger partial charge in [0.05, 0.1) is 0 Å². The first-order chi connectivity index (χ1) is 8.79. The van der Waals surface area contributed by atoms with Crippen LogP contribution in [0.25, 0.3) is 0 Å². The lowest BCUT2D eigenvalue weighted by Gasteiger charge is -2.18. The van der Waals surface area contributed by atoms with E-state index < -0.39 is 0 Å². The molecule has 3 nitrogen and oxygen atoms in total. The van der Waals surface area contributed by atoms with Crippen molar-refractivity contribution in [3.63, 3.8) is 0 Å². The Kier molecular flexibility index (Phi) is 2.10. The minimum atomic E-state index is 0.271. The number of nitrogens with one attached hydrogen (secondary N) is 1. The van der Waals surface area contributed by atoms with Gasteiger partial charge in [0.25, 0.3) is 0 Å². The third kappa shape index (κ3) is 1.37. The number of fused-ring (bicyclic) bond motifs is 1. The molecule has 94 valence electrons. The predicted molar refractivity (Wildman–Crippen MR) is 70.7 cm³/mol. The van der Waals surface area contributed by atoms with E-state index in [0.29, 0.717) is 11.8 Å². The molecule has 1 N–H and O–H groups in total. The quantitative estimate of drug-likeness (QED) is 0.855. The molecule has 2 saturated heterocycles. The van der Waals surface area contributed by atoms with Crippen LogP contribution >= 0.6 is 0 Å². The van der Waals surface area contributed by atoms with Gasteiger partial charge in [-0.05, 0) is 43.0 Å². The topological polar surface area (TPSA) is 32.3 Å². The van der Waals surface area contributed by atoms with E-state index in [9.17, 15) is 4.79 Å². The molecule has 4 rings (SSSR count). The van der Waals surface area contributed by atoms with Crippen LogP contribution < -0.4 is 10.2 Å². The molecule has 1 aromatic rings. The van der Waals surface area contributed by atoms with E-state index in [1.54, 1.807) is 0 Å². The van der Waals surface area contributed by atoms with E-state index in [2.05, 4.69) is 29.6 Å². The summed E-state index contributed by atoms with van der Waals surface area (Å²) in [4.78, 5) is 13.6. The second kappa shape index (κ2) is 3.58. The zero-order valence-electron chi connectivity index (χ0n) is 10.5. The molecule has 0 bridgehead atoms. The minimum Gasteiger partial charge on any atom is -0.316 e. The fraction of sp³-hybridized carbons (Fsp3) is 0.533. The zero-order chi connectivity index (χ0) is 12.2. The van der Waals surface area contributed by atoms with Crippen LogP contribution in [0.2, 0.25) is 0 Å². The Labute approximate surface area is 107 Å². The third-order valence-corrected chi connectivity index (χ3v) is 4.89. The van der Waals surface area contributed by atoms with Gasteiger partial charge in [0, 0.05) is 30.6 Å². The fourth-order valence-corrected chi connectivity index (χ4v) is 3.68. The van der Waals surface area contributed by atoms with E-state index in [1.807, 2.05) is 4.90 Å². The highest BCUT2D eigenvalue weighted by Gasteiger charge is 2.57. The van der Waals surface area contributed by atoms with E-state index in [1.165, 1.54) is 18.5 Å². The van der Waals surface area contributed by atoms with Crippen LogP contribution in [0.15, 0.2) is 24.3 Å². The number of hydrogen-bond donors (Lipinski definition) is 1. The Morgan fingerprint density at radius 1 is 1.28 bits per heavy atom. The van der Waals surface area contributed by atoms with Crippen molar-refractivity contribution in [1.82, 2.24) is 5.32 Å². The van der Waals surface area contributed by atoms with Gasteiger partial charge in [-0.25, -0.2) is 0 Å². The molecule has 2 unspecified atom stereocenters. The third-order valence-electron chi connectivity index (χ3n) is 4.89. The van der Waals surface area contributed by atoms with Crippen LogP contribution in [0.3, 0.4) is 0 Å². The molecule has 3 fully saturated rings. The predicted octanol–water partition coefficient (Wildman–Crippen LogP) is 1.67. The van der Waals surface area contributed by atoms with Crippen molar-refractivity contribution in [3.05, 3.63) is 29.8 Å².